The van der Waals surface area contributed by atoms with E-state index in [1.807, 2.05) is 30.3 Å². The average molecular weight is 481 g/mol. The van der Waals surface area contributed by atoms with Crippen LogP contribution in [0.1, 0.15) is 69.5 Å². The summed E-state index contributed by atoms with van der Waals surface area (Å²) >= 11 is 3.32. The minimum Gasteiger partial charge on any atom is -0.481 e. The molecule has 0 radical (unpaired) electrons. The summed E-state index contributed by atoms with van der Waals surface area (Å²) in [4.78, 5) is 23.6. The van der Waals surface area contributed by atoms with Gasteiger partial charge in [0.2, 0.25) is 0 Å². The first-order valence-electron chi connectivity index (χ1n) is 11.3. The zero-order chi connectivity index (χ0) is 23.0. The number of carbonyl (C=O) groups is 2. The van der Waals surface area contributed by atoms with Gasteiger partial charge in [0.05, 0.1) is 6.42 Å². The topological polar surface area (TPSA) is 80.1 Å². The lowest BCUT2D eigenvalue weighted by molar-refractivity contribution is -0.138. The SMILES string of the molecule is O=C(O)CC1CCC(c2ccc(C(=O)Cc3nnc(CSCc4ccccc4)s3)cc2)CC1. The van der Waals surface area contributed by atoms with Crippen molar-refractivity contribution in [2.24, 2.45) is 5.92 Å². The molecule has 3 aromatic rings. The molecule has 1 aliphatic carbocycles. The van der Waals surface area contributed by atoms with Crippen LogP contribution in [-0.4, -0.2) is 27.1 Å². The second-order valence-corrected chi connectivity index (χ2v) is 10.7. The lowest BCUT2D eigenvalue weighted by Crippen LogP contribution is -2.16. The van der Waals surface area contributed by atoms with E-state index >= 15 is 0 Å². The lowest BCUT2D eigenvalue weighted by atomic mass is 9.77. The number of nitrogens with zero attached hydrogens (tertiary/aromatic N) is 2. The van der Waals surface area contributed by atoms with Gasteiger partial charge in [-0.15, -0.1) is 33.3 Å². The Kier molecular flexibility index (Phi) is 8.29. The van der Waals surface area contributed by atoms with Crippen LogP contribution in [0.25, 0.3) is 0 Å². The Morgan fingerprint density at radius 3 is 2.30 bits per heavy atom. The molecule has 1 N–H and O–H groups in total. The van der Waals surface area contributed by atoms with Crippen LogP contribution < -0.4 is 0 Å². The normalized spacial score (nSPS) is 18.2. The molecule has 7 heteroatoms. The van der Waals surface area contributed by atoms with Crippen LogP contribution in [0, 0.1) is 5.92 Å². The minimum atomic E-state index is -0.699. The molecule has 1 aliphatic rings. The number of carboxylic acids is 1. The summed E-state index contributed by atoms with van der Waals surface area (Å²) in [5.74, 6) is 1.85. The van der Waals surface area contributed by atoms with Crippen LogP contribution in [0.2, 0.25) is 0 Å². The number of hydrogen-bond acceptors (Lipinski definition) is 6. The van der Waals surface area contributed by atoms with Crippen molar-refractivity contribution < 1.29 is 14.7 Å². The molecule has 1 fully saturated rings. The highest BCUT2D eigenvalue weighted by Crippen LogP contribution is 2.37. The first kappa shape index (κ1) is 23.6. The van der Waals surface area contributed by atoms with Gasteiger partial charge in [-0.3, -0.25) is 9.59 Å². The van der Waals surface area contributed by atoms with Gasteiger partial charge in [0, 0.05) is 23.5 Å². The van der Waals surface area contributed by atoms with Gasteiger partial charge in [-0.05, 0) is 48.6 Å². The highest BCUT2D eigenvalue weighted by Gasteiger charge is 2.24. The third-order valence-electron chi connectivity index (χ3n) is 6.17. The Balaban J connectivity index is 1.25. The third-order valence-corrected chi connectivity index (χ3v) is 8.29. The molecule has 0 unspecified atom stereocenters. The summed E-state index contributed by atoms with van der Waals surface area (Å²) in [6.07, 6.45) is 4.50. The van der Waals surface area contributed by atoms with Crippen LogP contribution in [0.4, 0.5) is 0 Å². The van der Waals surface area contributed by atoms with Gasteiger partial charge >= 0.3 is 5.97 Å². The Labute approximate surface area is 202 Å². The Morgan fingerprint density at radius 2 is 1.61 bits per heavy atom. The smallest absolute Gasteiger partial charge is 0.303 e. The van der Waals surface area contributed by atoms with Crippen LogP contribution in [0.15, 0.2) is 54.6 Å². The molecule has 0 aliphatic heterocycles. The van der Waals surface area contributed by atoms with E-state index in [1.165, 1.54) is 22.5 Å². The maximum absolute atomic E-state index is 12.7. The van der Waals surface area contributed by atoms with E-state index in [1.54, 1.807) is 11.8 Å². The maximum atomic E-state index is 12.7. The van der Waals surface area contributed by atoms with Crippen LogP contribution >= 0.6 is 23.1 Å². The second-order valence-electron chi connectivity index (χ2n) is 8.61. The van der Waals surface area contributed by atoms with Crippen molar-refractivity contribution in [2.75, 3.05) is 0 Å². The Morgan fingerprint density at radius 1 is 0.909 bits per heavy atom. The van der Waals surface area contributed by atoms with E-state index in [0.29, 0.717) is 17.4 Å². The van der Waals surface area contributed by atoms with E-state index in [-0.39, 0.29) is 18.6 Å². The zero-order valence-corrected chi connectivity index (χ0v) is 20.1. The maximum Gasteiger partial charge on any atom is 0.303 e. The molecule has 0 spiro atoms. The Bertz CT molecular complexity index is 1060. The monoisotopic (exact) mass is 480 g/mol. The fourth-order valence-electron chi connectivity index (χ4n) is 4.38. The number of carboxylic acid groups (broad SMARTS) is 1. The molecule has 1 saturated carbocycles. The standard InChI is InChI=1S/C26H28N2O3S2/c29-23(15-24-27-28-25(33-24)17-32-16-19-4-2-1-3-5-19)22-12-10-21(11-13-22)20-8-6-18(7-9-20)14-26(30)31/h1-5,10-13,18,20H,6-9,14-17H2,(H,30,31). The average Bonchev–Trinajstić information content (AvgIpc) is 3.27. The molecule has 0 amide bonds. The number of thioether (sulfide) groups is 1. The van der Waals surface area contributed by atoms with Crippen LogP contribution in [0.5, 0.6) is 0 Å². The number of hydrogen-bond donors (Lipinski definition) is 1. The predicted octanol–water partition coefficient (Wildman–Crippen LogP) is 6.15. The molecule has 0 atom stereocenters. The molecule has 0 bridgehead atoms. The van der Waals surface area contributed by atoms with Crippen molar-refractivity contribution in [1.29, 1.82) is 0 Å². The van der Waals surface area contributed by atoms with Gasteiger partial charge in [-0.2, -0.15) is 0 Å². The zero-order valence-electron chi connectivity index (χ0n) is 18.5. The van der Waals surface area contributed by atoms with Crippen molar-refractivity contribution in [3.05, 3.63) is 81.3 Å². The van der Waals surface area contributed by atoms with Crippen molar-refractivity contribution in [3.8, 4) is 0 Å². The van der Waals surface area contributed by atoms with Gasteiger partial charge in [0.1, 0.15) is 10.0 Å². The molecule has 1 aromatic heterocycles. The minimum absolute atomic E-state index is 0.0614. The van der Waals surface area contributed by atoms with Crippen molar-refractivity contribution >= 4 is 34.9 Å². The van der Waals surface area contributed by atoms with E-state index < -0.39 is 5.97 Å². The molecule has 5 nitrogen and oxygen atoms in total. The summed E-state index contributed by atoms with van der Waals surface area (Å²) < 4.78 is 0. The van der Waals surface area contributed by atoms with Crippen LogP contribution in [0.3, 0.4) is 0 Å². The highest BCUT2D eigenvalue weighted by atomic mass is 32.2. The number of rotatable bonds is 10. The van der Waals surface area contributed by atoms with E-state index in [2.05, 4.69) is 34.5 Å². The van der Waals surface area contributed by atoms with Gasteiger partial charge in [-0.1, -0.05) is 54.6 Å². The molecule has 2 aromatic carbocycles. The summed E-state index contributed by atoms with van der Waals surface area (Å²) in [5.41, 5.74) is 3.24. The molecule has 1 heterocycles. The summed E-state index contributed by atoms with van der Waals surface area (Å²) in [6, 6.07) is 18.3. The quantitative estimate of drug-likeness (QED) is 0.351. The van der Waals surface area contributed by atoms with Crippen LogP contribution in [-0.2, 0) is 22.7 Å². The van der Waals surface area contributed by atoms with E-state index in [4.69, 9.17) is 5.11 Å². The first-order chi connectivity index (χ1) is 16.1. The number of Topliss-reactive ketones (excluding diaryl/α,β-unsaturated/α-hetero) is 1. The molecule has 172 valence electrons. The number of ketones is 1. The van der Waals surface area contributed by atoms with Crippen molar-refractivity contribution in [2.45, 2.75) is 55.9 Å². The fourth-order valence-corrected chi connectivity index (χ4v) is 6.26. The van der Waals surface area contributed by atoms with Gasteiger partial charge in [-0.25, -0.2) is 0 Å². The number of aliphatic carboxylic acids is 1. The summed E-state index contributed by atoms with van der Waals surface area (Å²) in [6.45, 7) is 0. The van der Waals surface area contributed by atoms with Gasteiger partial charge < -0.3 is 5.11 Å². The number of aromatic nitrogens is 2. The first-order valence-corrected chi connectivity index (χ1v) is 13.3. The largest absolute Gasteiger partial charge is 0.481 e. The highest BCUT2D eigenvalue weighted by molar-refractivity contribution is 7.97. The number of benzene rings is 2. The number of carbonyl (C=O) groups excluding carboxylic acids is 1. The van der Waals surface area contributed by atoms with Crippen molar-refractivity contribution in [1.82, 2.24) is 10.2 Å². The fraction of sp³-hybridized carbons (Fsp3) is 0.385. The van der Waals surface area contributed by atoms with E-state index in [0.717, 1.165) is 47.2 Å². The lowest BCUT2D eigenvalue weighted by Gasteiger charge is -2.28. The Hall–Kier alpha value is -2.51. The molecular weight excluding hydrogens is 452 g/mol. The van der Waals surface area contributed by atoms with Gasteiger partial charge in [0.15, 0.2) is 5.78 Å². The molecule has 33 heavy (non-hydrogen) atoms. The second kappa shape index (κ2) is 11.6. The predicted molar refractivity (Wildman–Crippen MR) is 133 cm³/mol. The molecular formula is C26H28N2O3S2. The summed E-state index contributed by atoms with van der Waals surface area (Å²) in [5, 5.41) is 19.2. The molecule has 0 saturated heterocycles. The van der Waals surface area contributed by atoms with Gasteiger partial charge in [0.25, 0.3) is 0 Å². The van der Waals surface area contributed by atoms with Crippen molar-refractivity contribution in [3.63, 3.8) is 0 Å². The summed E-state index contributed by atoms with van der Waals surface area (Å²) in [7, 11) is 0. The third kappa shape index (κ3) is 6.98. The van der Waals surface area contributed by atoms with E-state index in [9.17, 15) is 9.59 Å². The molecule has 4 rings (SSSR count).